The smallest absolute Gasteiger partial charge is 0.231 e. The SMILES string of the molecule is CN1CC(CCCc2ccc3c(c2)OCO3)C2CCCCC21. The Labute approximate surface area is 133 Å². The average molecular weight is 301 g/mol. The average Bonchev–Trinajstić information content (AvgIpc) is 3.13. The molecule has 0 bridgehead atoms. The van der Waals surface area contributed by atoms with E-state index in [1.807, 2.05) is 0 Å². The van der Waals surface area contributed by atoms with Crippen molar-refractivity contribution < 1.29 is 9.47 Å². The fourth-order valence-corrected chi connectivity index (χ4v) is 4.85. The minimum absolute atomic E-state index is 0.371. The summed E-state index contributed by atoms with van der Waals surface area (Å²) in [5.41, 5.74) is 1.38. The monoisotopic (exact) mass is 301 g/mol. The molecule has 120 valence electrons. The number of benzene rings is 1. The molecule has 0 amide bonds. The summed E-state index contributed by atoms with van der Waals surface area (Å²) in [6, 6.07) is 7.28. The first-order chi connectivity index (χ1) is 10.8. The molecule has 3 heteroatoms. The van der Waals surface area contributed by atoms with E-state index in [9.17, 15) is 0 Å². The lowest BCUT2D eigenvalue weighted by Gasteiger charge is -2.30. The summed E-state index contributed by atoms with van der Waals surface area (Å²) in [6.45, 7) is 1.69. The van der Waals surface area contributed by atoms with Crippen LogP contribution in [0.3, 0.4) is 0 Å². The number of hydrogen-bond acceptors (Lipinski definition) is 3. The van der Waals surface area contributed by atoms with E-state index in [0.29, 0.717) is 6.79 Å². The zero-order valence-electron chi connectivity index (χ0n) is 13.6. The molecule has 4 rings (SSSR count). The van der Waals surface area contributed by atoms with E-state index >= 15 is 0 Å². The van der Waals surface area contributed by atoms with E-state index in [2.05, 4.69) is 30.1 Å². The van der Waals surface area contributed by atoms with Crippen molar-refractivity contribution in [2.45, 2.75) is 51.0 Å². The van der Waals surface area contributed by atoms with E-state index in [0.717, 1.165) is 35.8 Å². The molecule has 1 saturated heterocycles. The fourth-order valence-electron chi connectivity index (χ4n) is 4.85. The summed E-state index contributed by atoms with van der Waals surface area (Å²) in [5.74, 6) is 3.71. The van der Waals surface area contributed by atoms with Crippen molar-refractivity contribution in [1.82, 2.24) is 4.90 Å². The molecule has 2 fully saturated rings. The number of aryl methyl sites for hydroxylation is 1. The Bertz CT molecular complexity index is 530. The van der Waals surface area contributed by atoms with Gasteiger partial charge in [-0.05, 0) is 68.7 Å². The van der Waals surface area contributed by atoms with Gasteiger partial charge in [0.1, 0.15) is 0 Å². The summed E-state index contributed by atoms with van der Waals surface area (Å²) in [5, 5.41) is 0. The van der Waals surface area contributed by atoms with Crippen molar-refractivity contribution >= 4 is 0 Å². The molecule has 0 N–H and O–H groups in total. The van der Waals surface area contributed by atoms with Crippen LogP contribution in [0, 0.1) is 11.8 Å². The number of hydrogen-bond donors (Lipinski definition) is 0. The van der Waals surface area contributed by atoms with Crippen molar-refractivity contribution in [3.05, 3.63) is 23.8 Å². The molecule has 0 aromatic heterocycles. The van der Waals surface area contributed by atoms with Crippen LogP contribution in [0.25, 0.3) is 0 Å². The first-order valence-electron chi connectivity index (χ1n) is 8.90. The van der Waals surface area contributed by atoms with Gasteiger partial charge in [-0.25, -0.2) is 0 Å². The molecular formula is C19H27NO2. The van der Waals surface area contributed by atoms with Crippen molar-refractivity contribution in [2.24, 2.45) is 11.8 Å². The van der Waals surface area contributed by atoms with Gasteiger partial charge < -0.3 is 14.4 Å². The Morgan fingerprint density at radius 1 is 1.14 bits per heavy atom. The van der Waals surface area contributed by atoms with Gasteiger partial charge in [0.05, 0.1) is 0 Å². The zero-order chi connectivity index (χ0) is 14.9. The molecule has 1 aromatic carbocycles. The van der Waals surface area contributed by atoms with Gasteiger partial charge in [0.15, 0.2) is 11.5 Å². The van der Waals surface area contributed by atoms with Crippen molar-refractivity contribution in [2.75, 3.05) is 20.4 Å². The van der Waals surface area contributed by atoms with Crippen LogP contribution in [0.2, 0.25) is 0 Å². The van der Waals surface area contributed by atoms with Crippen LogP contribution in [0.15, 0.2) is 18.2 Å². The highest BCUT2D eigenvalue weighted by molar-refractivity contribution is 5.44. The van der Waals surface area contributed by atoms with E-state index in [4.69, 9.17) is 9.47 Å². The minimum atomic E-state index is 0.371. The normalized spacial score (nSPS) is 30.5. The third-order valence-electron chi connectivity index (χ3n) is 5.95. The first kappa shape index (κ1) is 14.4. The summed E-state index contributed by atoms with van der Waals surface area (Å²) in [6.07, 6.45) is 9.61. The largest absolute Gasteiger partial charge is 0.454 e. The predicted octanol–water partition coefficient (Wildman–Crippen LogP) is 3.86. The lowest BCUT2D eigenvalue weighted by molar-refractivity contribution is 0.174. The number of fused-ring (bicyclic) bond motifs is 2. The summed E-state index contributed by atoms with van der Waals surface area (Å²) in [4.78, 5) is 2.63. The molecular weight excluding hydrogens is 274 g/mol. The van der Waals surface area contributed by atoms with Crippen LogP contribution in [-0.2, 0) is 6.42 Å². The minimum Gasteiger partial charge on any atom is -0.454 e. The quantitative estimate of drug-likeness (QED) is 0.843. The number of rotatable bonds is 4. The highest BCUT2D eigenvalue weighted by Crippen LogP contribution is 2.41. The molecule has 1 aliphatic carbocycles. The maximum absolute atomic E-state index is 5.47. The van der Waals surface area contributed by atoms with Crippen molar-refractivity contribution in [3.63, 3.8) is 0 Å². The summed E-state index contributed by atoms with van der Waals surface area (Å²) < 4.78 is 10.9. The van der Waals surface area contributed by atoms with Gasteiger partial charge >= 0.3 is 0 Å². The molecule has 2 heterocycles. The topological polar surface area (TPSA) is 21.7 Å². The van der Waals surface area contributed by atoms with E-state index in [1.165, 1.54) is 50.6 Å². The Balaban J connectivity index is 1.31. The second-order valence-corrected chi connectivity index (χ2v) is 7.30. The summed E-state index contributed by atoms with van der Waals surface area (Å²) in [7, 11) is 2.33. The van der Waals surface area contributed by atoms with Gasteiger partial charge in [-0.15, -0.1) is 0 Å². The zero-order valence-corrected chi connectivity index (χ0v) is 13.6. The van der Waals surface area contributed by atoms with Crippen LogP contribution >= 0.6 is 0 Å². The van der Waals surface area contributed by atoms with Crippen LogP contribution in [0.1, 0.15) is 44.1 Å². The van der Waals surface area contributed by atoms with Gasteiger partial charge in [0.2, 0.25) is 6.79 Å². The van der Waals surface area contributed by atoms with E-state index in [-0.39, 0.29) is 0 Å². The van der Waals surface area contributed by atoms with E-state index in [1.54, 1.807) is 0 Å². The standard InChI is InChI=1S/C19H27NO2/c1-20-12-15(16-7-2-3-8-17(16)20)6-4-5-14-9-10-18-19(11-14)22-13-21-18/h9-11,15-17H,2-8,12-13H2,1H3. The Morgan fingerprint density at radius 3 is 2.95 bits per heavy atom. The number of nitrogens with zero attached hydrogens (tertiary/aromatic N) is 1. The first-order valence-corrected chi connectivity index (χ1v) is 8.90. The molecule has 1 saturated carbocycles. The van der Waals surface area contributed by atoms with Crippen LogP contribution in [-0.4, -0.2) is 31.3 Å². The third-order valence-corrected chi connectivity index (χ3v) is 5.95. The molecule has 1 aromatic rings. The second-order valence-electron chi connectivity index (χ2n) is 7.30. The molecule has 3 unspecified atom stereocenters. The lowest BCUT2D eigenvalue weighted by Crippen LogP contribution is -2.31. The second kappa shape index (κ2) is 6.11. The van der Waals surface area contributed by atoms with Crippen molar-refractivity contribution in [3.8, 4) is 11.5 Å². The maximum atomic E-state index is 5.47. The van der Waals surface area contributed by atoms with Gasteiger partial charge in [0, 0.05) is 12.6 Å². The number of ether oxygens (including phenoxy) is 2. The fraction of sp³-hybridized carbons (Fsp3) is 0.684. The van der Waals surface area contributed by atoms with Gasteiger partial charge in [-0.1, -0.05) is 18.9 Å². The molecule has 2 aliphatic heterocycles. The molecule has 22 heavy (non-hydrogen) atoms. The van der Waals surface area contributed by atoms with Crippen LogP contribution in [0.5, 0.6) is 11.5 Å². The molecule has 0 radical (unpaired) electrons. The maximum Gasteiger partial charge on any atom is 0.231 e. The Hall–Kier alpha value is -1.22. The third kappa shape index (κ3) is 2.71. The van der Waals surface area contributed by atoms with E-state index < -0.39 is 0 Å². The highest BCUT2D eigenvalue weighted by Gasteiger charge is 2.40. The van der Waals surface area contributed by atoms with Gasteiger partial charge in [-0.3, -0.25) is 0 Å². The summed E-state index contributed by atoms with van der Waals surface area (Å²) >= 11 is 0. The van der Waals surface area contributed by atoms with Crippen LogP contribution in [0.4, 0.5) is 0 Å². The molecule has 3 atom stereocenters. The van der Waals surface area contributed by atoms with Crippen molar-refractivity contribution in [1.29, 1.82) is 0 Å². The Morgan fingerprint density at radius 2 is 2.00 bits per heavy atom. The number of likely N-dealkylation sites (tertiary alicyclic amines) is 1. The lowest BCUT2D eigenvalue weighted by atomic mass is 9.78. The van der Waals surface area contributed by atoms with Gasteiger partial charge in [0.25, 0.3) is 0 Å². The van der Waals surface area contributed by atoms with Gasteiger partial charge in [-0.2, -0.15) is 0 Å². The molecule has 3 nitrogen and oxygen atoms in total. The predicted molar refractivity (Wildman–Crippen MR) is 87.4 cm³/mol. The highest BCUT2D eigenvalue weighted by atomic mass is 16.7. The molecule has 0 spiro atoms. The molecule has 3 aliphatic rings. The van der Waals surface area contributed by atoms with Crippen LogP contribution < -0.4 is 9.47 Å². The Kier molecular flexibility index (Phi) is 4.00.